The lowest BCUT2D eigenvalue weighted by Crippen LogP contribution is -2.01. The van der Waals surface area contributed by atoms with E-state index in [0.29, 0.717) is 17.6 Å². The van der Waals surface area contributed by atoms with E-state index in [4.69, 9.17) is 4.52 Å². The van der Waals surface area contributed by atoms with Gasteiger partial charge >= 0.3 is 0 Å². The lowest BCUT2D eigenvalue weighted by Gasteiger charge is -2.10. The molecule has 3 aromatic rings. The van der Waals surface area contributed by atoms with Gasteiger partial charge in [0.2, 0.25) is 5.89 Å². The Balaban J connectivity index is 1.77. The quantitative estimate of drug-likeness (QED) is 0.635. The molecule has 0 atom stereocenters. The first-order valence-corrected chi connectivity index (χ1v) is 8.95. The topological polar surface area (TPSA) is 69.6 Å². The Morgan fingerprint density at radius 2 is 1.96 bits per heavy atom. The van der Waals surface area contributed by atoms with Gasteiger partial charge in [-0.05, 0) is 31.4 Å². The number of nitrogens with zero attached hydrogens (tertiary/aromatic N) is 5. The van der Waals surface area contributed by atoms with Gasteiger partial charge in [0.1, 0.15) is 5.82 Å². The first-order valence-electron chi connectivity index (χ1n) is 7.97. The van der Waals surface area contributed by atoms with E-state index in [1.807, 2.05) is 19.1 Å². The highest BCUT2D eigenvalue weighted by Gasteiger charge is 2.15. The minimum Gasteiger partial charge on any atom is -0.338 e. The largest absolute Gasteiger partial charge is 0.338 e. The highest BCUT2D eigenvalue weighted by Crippen LogP contribution is 2.26. The Morgan fingerprint density at radius 3 is 2.71 bits per heavy atom. The summed E-state index contributed by atoms with van der Waals surface area (Å²) in [5.74, 6) is 3.33. The number of benzene rings is 1. The molecule has 0 saturated heterocycles. The van der Waals surface area contributed by atoms with Gasteiger partial charge in [0.15, 0.2) is 11.0 Å². The fourth-order valence-corrected chi connectivity index (χ4v) is 3.28. The van der Waals surface area contributed by atoms with Gasteiger partial charge in [-0.2, -0.15) is 4.98 Å². The Morgan fingerprint density at radius 1 is 1.17 bits per heavy atom. The van der Waals surface area contributed by atoms with E-state index in [0.717, 1.165) is 28.9 Å². The van der Waals surface area contributed by atoms with E-state index >= 15 is 0 Å². The molecule has 0 spiro atoms. The van der Waals surface area contributed by atoms with Gasteiger partial charge in [-0.3, -0.25) is 4.57 Å². The average Bonchev–Trinajstić information content (AvgIpc) is 3.12. The summed E-state index contributed by atoms with van der Waals surface area (Å²) in [5, 5.41) is 13.4. The third-order valence-electron chi connectivity index (χ3n) is 3.58. The Kier molecular flexibility index (Phi) is 4.99. The standard InChI is InChI=1S/C17H21N5OS/c1-11(2)9-15-18-16(23-21-15)10-24-17-20-19-13(4)22(17)14-8-6-5-7-12(14)3/h5-8,11H,9-10H2,1-4H3. The lowest BCUT2D eigenvalue weighted by molar-refractivity contribution is 0.382. The normalized spacial score (nSPS) is 11.4. The molecule has 0 aliphatic carbocycles. The van der Waals surface area contributed by atoms with Crippen LogP contribution in [0.1, 0.15) is 37.0 Å². The van der Waals surface area contributed by atoms with Crippen LogP contribution in [0, 0.1) is 19.8 Å². The maximum atomic E-state index is 5.32. The van der Waals surface area contributed by atoms with Gasteiger partial charge in [-0.25, -0.2) is 0 Å². The van der Waals surface area contributed by atoms with Crippen molar-refractivity contribution in [1.29, 1.82) is 0 Å². The fourth-order valence-electron chi connectivity index (χ4n) is 2.45. The summed E-state index contributed by atoms with van der Waals surface area (Å²) in [6.45, 7) is 8.31. The van der Waals surface area contributed by atoms with Crippen LogP contribution in [0.5, 0.6) is 0 Å². The van der Waals surface area contributed by atoms with Crippen LogP contribution in [0.15, 0.2) is 33.9 Å². The lowest BCUT2D eigenvalue weighted by atomic mass is 10.1. The van der Waals surface area contributed by atoms with Gasteiger partial charge in [0.25, 0.3) is 0 Å². The molecule has 0 aliphatic heterocycles. The van der Waals surface area contributed by atoms with Gasteiger partial charge in [0.05, 0.1) is 11.4 Å². The van der Waals surface area contributed by atoms with Crippen molar-refractivity contribution in [3.05, 3.63) is 47.4 Å². The molecule has 0 aliphatic rings. The first kappa shape index (κ1) is 16.7. The first-order chi connectivity index (χ1) is 11.5. The molecule has 0 fully saturated rings. The van der Waals surface area contributed by atoms with E-state index in [-0.39, 0.29) is 0 Å². The molecule has 1 aromatic carbocycles. The summed E-state index contributed by atoms with van der Waals surface area (Å²) < 4.78 is 7.38. The Labute approximate surface area is 145 Å². The van der Waals surface area contributed by atoms with E-state index in [1.54, 1.807) is 11.8 Å². The predicted octanol–water partition coefficient (Wildman–Crippen LogP) is 3.76. The molecule has 0 N–H and O–H groups in total. The number of hydrogen-bond acceptors (Lipinski definition) is 6. The molecule has 0 unspecified atom stereocenters. The third kappa shape index (κ3) is 3.67. The molecule has 2 heterocycles. The molecule has 3 rings (SSSR count). The summed E-state index contributed by atoms with van der Waals surface area (Å²) in [6, 6.07) is 8.20. The molecule has 0 amide bonds. The maximum absolute atomic E-state index is 5.32. The number of rotatable bonds is 6. The van der Waals surface area contributed by atoms with Crippen LogP contribution in [0.25, 0.3) is 5.69 Å². The second-order valence-electron chi connectivity index (χ2n) is 6.14. The number of hydrogen-bond donors (Lipinski definition) is 0. The molecule has 24 heavy (non-hydrogen) atoms. The molecular formula is C17H21N5OS. The summed E-state index contributed by atoms with van der Waals surface area (Å²) >= 11 is 1.55. The average molecular weight is 343 g/mol. The minimum atomic E-state index is 0.509. The van der Waals surface area contributed by atoms with Crippen molar-refractivity contribution < 1.29 is 4.52 Å². The summed E-state index contributed by atoms with van der Waals surface area (Å²) in [7, 11) is 0. The molecule has 7 heteroatoms. The Bertz CT molecular complexity index is 824. The minimum absolute atomic E-state index is 0.509. The number of para-hydroxylation sites is 1. The number of aromatic nitrogens is 5. The predicted molar refractivity (Wildman–Crippen MR) is 93.2 cm³/mol. The molecule has 126 valence electrons. The fraction of sp³-hybridized carbons (Fsp3) is 0.412. The van der Waals surface area contributed by atoms with Gasteiger partial charge in [-0.1, -0.05) is 49.0 Å². The Hall–Kier alpha value is -2.15. The summed E-state index contributed by atoms with van der Waals surface area (Å²) in [4.78, 5) is 4.44. The van der Waals surface area contributed by atoms with E-state index < -0.39 is 0 Å². The van der Waals surface area contributed by atoms with Gasteiger partial charge < -0.3 is 4.52 Å². The van der Waals surface area contributed by atoms with Crippen LogP contribution in [-0.4, -0.2) is 24.9 Å². The van der Waals surface area contributed by atoms with Crippen molar-refractivity contribution in [2.24, 2.45) is 5.92 Å². The van der Waals surface area contributed by atoms with Crippen LogP contribution in [-0.2, 0) is 12.2 Å². The van der Waals surface area contributed by atoms with Crippen molar-refractivity contribution in [1.82, 2.24) is 24.9 Å². The summed E-state index contributed by atoms with van der Waals surface area (Å²) in [6.07, 6.45) is 0.826. The molecule has 2 aromatic heterocycles. The monoisotopic (exact) mass is 343 g/mol. The molecule has 6 nitrogen and oxygen atoms in total. The number of thioether (sulfide) groups is 1. The molecular weight excluding hydrogens is 322 g/mol. The van der Waals surface area contributed by atoms with Crippen LogP contribution >= 0.6 is 11.8 Å². The zero-order chi connectivity index (χ0) is 17.1. The van der Waals surface area contributed by atoms with Crippen LogP contribution in [0.4, 0.5) is 0 Å². The van der Waals surface area contributed by atoms with Crippen LogP contribution < -0.4 is 0 Å². The van der Waals surface area contributed by atoms with Gasteiger partial charge in [-0.15, -0.1) is 10.2 Å². The van der Waals surface area contributed by atoms with Crippen molar-refractivity contribution in [3.8, 4) is 5.69 Å². The zero-order valence-electron chi connectivity index (χ0n) is 14.4. The SMILES string of the molecule is Cc1ccccc1-n1c(C)nnc1SCc1nc(CC(C)C)no1. The van der Waals surface area contributed by atoms with Crippen molar-refractivity contribution in [2.75, 3.05) is 0 Å². The van der Waals surface area contributed by atoms with Crippen molar-refractivity contribution in [3.63, 3.8) is 0 Å². The zero-order valence-corrected chi connectivity index (χ0v) is 15.2. The van der Waals surface area contributed by atoms with E-state index in [2.05, 4.69) is 57.8 Å². The van der Waals surface area contributed by atoms with E-state index in [1.165, 1.54) is 5.56 Å². The maximum Gasteiger partial charge on any atom is 0.237 e. The second-order valence-corrected chi connectivity index (χ2v) is 7.09. The highest BCUT2D eigenvalue weighted by atomic mass is 32.2. The third-order valence-corrected chi connectivity index (χ3v) is 4.49. The molecule has 0 saturated carbocycles. The highest BCUT2D eigenvalue weighted by molar-refractivity contribution is 7.98. The second kappa shape index (κ2) is 7.17. The van der Waals surface area contributed by atoms with E-state index in [9.17, 15) is 0 Å². The summed E-state index contributed by atoms with van der Waals surface area (Å²) in [5.41, 5.74) is 2.27. The van der Waals surface area contributed by atoms with Crippen LogP contribution in [0.2, 0.25) is 0 Å². The smallest absolute Gasteiger partial charge is 0.237 e. The van der Waals surface area contributed by atoms with Gasteiger partial charge in [0, 0.05) is 6.42 Å². The van der Waals surface area contributed by atoms with Crippen molar-refractivity contribution in [2.45, 2.75) is 45.0 Å². The molecule has 0 bridgehead atoms. The van der Waals surface area contributed by atoms with Crippen molar-refractivity contribution >= 4 is 11.8 Å². The van der Waals surface area contributed by atoms with Crippen LogP contribution in [0.3, 0.4) is 0 Å². The number of aryl methyl sites for hydroxylation is 2. The molecule has 0 radical (unpaired) electrons.